The summed E-state index contributed by atoms with van der Waals surface area (Å²) in [5.41, 5.74) is 0.0454. The number of rotatable bonds is 6. The Balaban J connectivity index is 2.79. The Kier molecular flexibility index (Phi) is 5.53. The Morgan fingerprint density at radius 3 is 2.84 bits per heavy atom. The van der Waals surface area contributed by atoms with E-state index in [0.717, 1.165) is 4.68 Å². The van der Waals surface area contributed by atoms with E-state index in [2.05, 4.69) is 37.0 Å². The van der Waals surface area contributed by atoms with Crippen molar-refractivity contribution in [1.82, 2.24) is 14.5 Å². The van der Waals surface area contributed by atoms with E-state index in [1.807, 2.05) is 0 Å². The lowest BCUT2D eigenvalue weighted by Crippen LogP contribution is -2.28. The first-order valence-corrected chi connectivity index (χ1v) is 7.70. The smallest absolute Gasteiger partial charge is 0.284 e. The molecule has 0 unspecified atom stereocenters. The summed E-state index contributed by atoms with van der Waals surface area (Å²) in [5.74, 6) is 2.21. The van der Waals surface area contributed by atoms with Crippen LogP contribution in [0.3, 0.4) is 0 Å². The quantitative estimate of drug-likeness (QED) is 0.682. The van der Waals surface area contributed by atoms with Crippen molar-refractivity contribution in [3.8, 4) is 12.3 Å². The van der Waals surface area contributed by atoms with Crippen molar-refractivity contribution in [3.05, 3.63) is 21.0 Å². The lowest BCUT2D eigenvalue weighted by atomic mass is 10.4. The molecule has 0 atom stereocenters. The van der Waals surface area contributed by atoms with Gasteiger partial charge in [0.15, 0.2) is 0 Å². The van der Waals surface area contributed by atoms with Gasteiger partial charge in [-0.2, -0.15) is 5.10 Å². The van der Waals surface area contributed by atoms with Gasteiger partial charge < -0.3 is 5.32 Å². The highest BCUT2D eigenvalue weighted by molar-refractivity contribution is 9.10. The maximum Gasteiger partial charge on any atom is 0.284 e. The zero-order valence-electron chi connectivity index (χ0n) is 10.2. The minimum Gasteiger partial charge on any atom is -0.382 e. The number of nitrogens with zero attached hydrogens (tertiary/aromatic N) is 2. The van der Waals surface area contributed by atoms with Crippen molar-refractivity contribution in [2.45, 2.75) is 6.54 Å². The zero-order chi connectivity index (χ0) is 14.5. The molecule has 9 heteroatoms. The Hall–Kier alpha value is -1.37. The Labute approximate surface area is 119 Å². The summed E-state index contributed by atoms with van der Waals surface area (Å²) in [6.07, 6.45) is 6.52. The number of anilines is 1. The van der Waals surface area contributed by atoms with Gasteiger partial charge in [0.25, 0.3) is 5.56 Å². The molecule has 1 aromatic heterocycles. The molecule has 0 aromatic carbocycles. The summed E-state index contributed by atoms with van der Waals surface area (Å²) in [4.78, 5) is 11.8. The van der Waals surface area contributed by atoms with Gasteiger partial charge in [0.2, 0.25) is 10.0 Å². The third-order valence-corrected chi connectivity index (χ3v) is 4.35. The summed E-state index contributed by atoms with van der Waals surface area (Å²) >= 11 is 3.13. The van der Waals surface area contributed by atoms with Crippen molar-refractivity contribution in [1.29, 1.82) is 0 Å². The molecule has 7 nitrogen and oxygen atoms in total. The highest BCUT2D eigenvalue weighted by Crippen LogP contribution is 2.15. The first-order chi connectivity index (χ1) is 8.91. The molecule has 1 rings (SSSR count). The standard InChI is InChI=1S/C10H13BrN4O3S/c1-3-5-15-10(16)9(11)8(7-14-15)13-4-6-19(17,18)12-2/h1,7,12-13H,4-6H2,2H3. The van der Waals surface area contributed by atoms with Crippen molar-refractivity contribution in [3.63, 3.8) is 0 Å². The van der Waals surface area contributed by atoms with E-state index in [0.29, 0.717) is 5.69 Å². The second kappa shape index (κ2) is 6.70. The molecular formula is C10H13BrN4O3S. The molecule has 1 heterocycles. The average molecular weight is 349 g/mol. The monoisotopic (exact) mass is 348 g/mol. The van der Waals surface area contributed by atoms with E-state index in [4.69, 9.17) is 6.42 Å². The van der Waals surface area contributed by atoms with E-state index < -0.39 is 10.0 Å². The molecule has 0 aliphatic rings. The molecule has 2 N–H and O–H groups in total. The fourth-order valence-corrected chi connectivity index (χ4v) is 2.23. The number of hydrogen-bond acceptors (Lipinski definition) is 5. The van der Waals surface area contributed by atoms with Crippen LogP contribution >= 0.6 is 15.9 Å². The largest absolute Gasteiger partial charge is 0.382 e. The van der Waals surface area contributed by atoms with Gasteiger partial charge in [-0.05, 0) is 23.0 Å². The van der Waals surface area contributed by atoms with Crippen LogP contribution in [0.25, 0.3) is 0 Å². The van der Waals surface area contributed by atoms with Crippen molar-refractivity contribution >= 4 is 31.6 Å². The zero-order valence-corrected chi connectivity index (χ0v) is 12.6. The van der Waals surface area contributed by atoms with E-state index in [9.17, 15) is 13.2 Å². The van der Waals surface area contributed by atoms with Gasteiger partial charge in [-0.15, -0.1) is 6.42 Å². The van der Waals surface area contributed by atoms with Crippen LogP contribution < -0.4 is 15.6 Å². The van der Waals surface area contributed by atoms with Crippen LogP contribution in [0.5, 0.6) is 0 Å². The van der Waals surface area contributed by atoms with Crippen molar-refractivity contribution in [2.75, 3.05) is 24.7 Å². The highest BCUT2D eigenvalue weighted by atomic mass is 79.9. The van der Waals surface area contributed by atoms with E-state index in [1.54, 1.807) is 0 Å². The molecular weight excluding hydrogens is 336 g/mol. The molecule has 0 saturated heterocycles. The fraction of sp³-hybridized carbons (Fsp3) is 0.400. The van der Waals surface area contributed by atoms with Crippen molar-refractivity contribution < 1.29 is 8.42 Å². The molecule has 0 saturated carbocycles. The number of terminal acetylenes is 1. The summed E-state index contributed by atoms with van der Waals surface area (Å²) < 4.78 is 26.0. The number of nitrogens with one attached hydrogen (secondary N) is 2. The van der Waals surface area contributed by atoms with Crippen LogP contribution in [0.4, 0.5) is 5.69 Å². The van der Waals surface area contributed by atoms with Gasteiger partial charge in [0.1, 0.15) is 11.0 Å². The van der Waals surface area contributed by atoms with Gasteiger partial charge >= 0.3 is 0 Å². The molecule has 0 aliphatic heterocycles. The maximum atomic E-state index is 11.8. The van der Waals surface area contributed by atoms with Crippen LogP contribution in [0.15, 0.2) is 15.5 Å². The first kappa shape index (κ1) is 15.7. The first-order valence-electron chi connectivity index (χ1n) is 5.25. The lowest BCUT2D eigenvalue weighted by molar-refractivity contribution is 0.588. The molecule has 0 amide bonds. The minimum atomic E-state index is -3.29. The predicted molar refractivity (Wildman–Crippen MR) is 76.4 cm³/mol. The SMILES string of the molecule is C#CCn1ncc(NCCS(=O)(=O)NC)c(Br)c1=O. The summed E-state index contributed by atoms with van der Waals surface area (Å²) in [5, 5.41) is 6.69. The average Bonchev–Trinajstić information content (AvgIpc) is 2.38. The normalized spacial score (nSPS) is 11.0. The Morgan fingerprint density at radius 1 is 1.58 bits per heavy atom. The topological polar surface area (TPSA) is 93.1 Å². The van der Waals surface area contributed by atoms with Gasteiger partial charge in [-0.25, -0.2) is 17.8 Å². The van der Waals surface area contributed by atoms with Crippen LogP contribution in [0, 0.1) is 12.3 Å². The van der Waals surface area contributed by atoms with Crippen molar-refractivity contribution in [2.24, 2.45) is 0 Å². The number of hydrogen-bond donors (Lipinski definition) is 2. The fourth-order valence-electron chi connectivity index (χ4n) is 1.21. The molecule has 19 heavy (non-hydrogen) atoms. The minimum absolute atomic E-state index is 0.0752. The lowest BCUT2D eigenvalue weighted by Gasteiger charge is -2.09. The Bertz CT molecular complexity index is 648. The second-order valence-electron chi connectivity index (χ2n) is 3.49. The molecule has 0 aliphatic carbocycles. The van der Waals surface area contributed by atoms with E-state index >= 15 is 0 Å². The van der Waals surface area contributed by atoms with E-state index in [1.165, 1.54) is 13.2 Å². The van der Waals surface area contributed by atoms with Gasteiger partial charge in [0, 0.05) is 6.54 Å². The van der Waals surface area contributed by atoms with E-state index in [-0.39, 0.29) is 28.9 Å². The molecule has 0 spiro atoms. The van der Waals surface area contributed by atoms with Crippen LogP contribution in [-0.2, 0) is 16.6 Å². The van der Waals surface area contributed by atoms with Crippen LogP contribution in [0.2, 0.25) is 0 Å². The summed E-state index contributed by atoms with van der Waals surface area (Å²) in [6, 6.07) is 0. The predicted octanol–water partition coefficient (Wildman–Crippen LogP) is -0.400. The molecule has 0 fully saturated rings. The molecule has 0 radical (unpaired) electrons. The van der Waals surface area contributed by atoms with Crippen LogP contribution in [-0.4, -0.2) is 37.5 Å². The maximum absolute atomic E-state index is 11.8. The van der Waals surface area contributed by atoms with Gasteiger partial charge in [-0.1, -0.05) is 5.92 Å². The second-order valence-corrected chi connectivity index (χ2v) is 6.33. The third-order valence-electron chi connectivity index (χ3n) is 2.22. The third kappa shape index (κ3) is 4.34. The number of aromatic nitrogens is 2. The van der Waals surface area contributed by atoms with Crippen LogP contribution in [0.1, 0.15) is 0 Å². The summed E-state index contributed by atoms with van der Waals surface area (Å²) in [7, 11) is -1.95. The molecule has 0 bridgehead atoms. The van der Waals surface area contributed by atoms with Gasteiger partial charge in [-0.3, -0.25) is 4.79 Å². The molecule has 104 valence electrons. The highest BCUT2D eigenvalue weighted by Gasteiger charge is 2.10. The summed E-state index contributed by atoms with van der Waals surface area (Å²) in [6.45, 7) is 0.230. The molecule has 1 aromatic rings. The number of halogens is 1. The number of sulfonamides is 1. The van der Waals surface area contributed by atoms with Gasteiger partial charge in [0.05, 0.1) is 17.6 Å². The Morgan fingerprint density at radius 2 is 2.26 bits per heavy atom.